The number of carbonyl (C=O) groups is 1. The second-order valence-corrected chi connectivity index (χ2v) is 8.48. The molecule has 1 amide bonds. The van der Waals surface area contributed by atoms with Crippen LogP contribution in [0.5, 0.6) is 0 Å². The first kappa shape index (κ1) is 16.6. The fraction of sp³-hybridized carbons (Fsp3) is 0.941. The molecule has 0 aromatic carbocycles. The molecule has 0 aromatic rings. The molecule has 2 rings (SSSR count). The van der Waals surface area contributed by atoms with Gasteiger partial charge in [-0.1, -0.05) is 33.1 Å². The summed E-state index contributed by atoms with van der Waals surface area (Å²) in [4.78, 5) is 12.3. The highest BCUT2D eigenvalue weighted by atomic mass is 16.6. The van der Waals surface area contributed by atoms with E-state index in [0.717, 1.165) is 12.8 Å². The van der Waals surface area contributed by atoms with E-state index in [9.17, 15) is 4.79 Å². The van der Waals surface area contributed by atoms with Crippen molar-refractivity contribution in [3.05, 3.63) is 0 Å². The van der Waals surface area contributed by atoms with Crippen molar-refractivity contribution in [1.29, 1.82) is 0 Å². The Bertz CT molecular complexity index is 392. The van der Waals surface area contributed by atoms with Gasteiger partial charge in [0.1, 0.15) is 5.60 Å². The number of hydrogen-bond donors (Lipinski definition) is 2. The summed E-state index contributed by atoms with van der Waals surface area (Å²) in [5.74, 6) is 0.980. The molecule has 4 nitrogen and oxygen atoms in total. The van der Waals surface area contributed by atoms with Crippen LogP contribution in [0.3, 0.4) is 0 Å². The molecule has 0 saturated heterocycles. The fourth-order valence-electron chi connectivity index (χ4n) is 4.48. The maximum absolute atomic E-state index is 12.3. The van der Waals surface area contributed by atoms with Crippen molar-refractivity contribution in [3.8, 4) is 0 Å². The molecule has 2 fully saturated rings. The van der Waals surface area contributed by atoms with Crippen LogP contribution >= 0.6 is 0 Å². The summed E-state index contributed by atoms with van der Waals surface area (Å²) in [6, 6.07) is 0. The third-order valence-electron chi connectivity index (χ3n) is 5.40. The first-order valence-corrected chi connectivity index (χ1v) is 8.34. The van der Waals surface area contributed by atoms with E-state index in [2.05, 4.69) is 19.2 Å². The Labute approximate surface area is 129 Å². The van der Waals surface area contributed by atoms with Gasteiger partial charge >= 0.3 is 6.09 Å². The Morgan fingerprint density at radius 3 is 2.24 bits per heavy atom. The number of ether oxygens (including phenoxy) is 1. The molecule has 2 aliphatic carbocycles. The topological polar surface area (TPSA) is 64.3 Å². The van der Waals surface area contributed by atoms with Crippen molar-refractivity contribution >= 4 is 6.09 Å². The third kappa shape index (κ3) is 3.36. The SMILES string of the molecule is CC(C)(C)OC(=O)NC1([C@H]2[C@H](CN)C2(C)C)CCCCC1. The molecule has 2 aliphatic rings. The van der Waals surface area contributed by atoms with Gasteiger partial charge in [-0.25, -0.2) is 4.79 Å². The van der Waals surface area contributed by atoms with Gasteiger partial charge in [0.25, 0.3) is 0 Å². The molecule has 0 aromatic heterocycles. The smallest absolute Gasteiger partial charge is 0.408 e. The normalized spacial score (nSPS) is 30.6. The summed E-state index contributed by atoms with van der Waals surface area (Å²) in [6.07, 6.45) is 5.45. The molecule has 0 unspecified atom stereocenters. The molecule has 3 N–H and O–H groups in total. The zero-order chi connectivity index (χ0) is 15.9. The fourth-order valence-corrected chi connectivity index (χ4v) is 4.48. The average Bonchev–Trinajstić information content (AvgIpc) is 2.90. The highest BCUT2D eigenvalue weighted by Gasteiger charge is 2.66. The van der Waals surface area contributed by atoms with Gasteiger partial charge in [0.15, 0.2) is 0 Å². The van der Waals surface area contributed by atoms with E-state index in [0.29, 0.717) is 18.4 Å². The first-order valence-electron chi connectivity index (χ1n) is 8.34. The molecule has 0 radical (unpaired) electrons. The lowest BCUT2D eigenvalue weighted by molar-refractivity contribution is 0.0384. The highest BCUT2D eigenvalue weighted by molar-refractivity contribution is 5.69. The lowest BCUT2D eigenvalue weighted by atomic mass is 9.75. The van der Waals surface area contributed by atoms with Crippen LogP contribution in [0.4, 0.5) is 4.79 Å². The minimum absolute atomic E-state index is 0.117. The number of nitrogens with one attached hydrogen (secondary N) is 1. The van der Waals surface area contributed by atoms with E-state index in [1.807, 2.05) is 20.8 Å². The molecular weight excluding hydrogens is 264 g/mol. The Morgan fingerprint density at radius 2 is 1.81 bits per heavy atom. The summed E-state index contributed by atoms with van der Waals surface area (Å²) >= 11 is 0. The Morgan fingerprint density at radius 1 is 1.24 bits per heavy atom. The van der Waals surface area contributed by atoms with Crippen LogP contribution in [0.1, 0.15) is 66.7 Å². The molecule has 2 atom stereocenters. The number of carbonyl (C=O) groups excluding carboxylic acids is 1. The maximum atomic E-state index is 12.3. The predicted octanol–water partition coefficient (Wildman–Crippen LogP) is 3.44. The van der Waals surface area contributed by atoms with Crippen LogP contribution in [0.2, 0.25) is 0 Å². The summed E-state index contributed by atoms with van der Waals surface area (Å²) in [5.41, 5.74) is 5.61. The van der Waals surface area contributed by atoms with E-state index in [4.69, 9.17) is 10.5 Å². The van der Waals surface area contributed by atoms with Crippen molar-refractivity contribution in [2.75, 3.05) is 6.54 Å². The molecule has 0 aliphatic heterocycles. The molecule has 0 bridgehead atoms. The lowest BCUT2D eigenvalue weighted by Crippen LogP contribution is -2.54. The first-order chi connectivity index (χ1) is 9.62. The standard InChI is InChI=1S/C17H32N2O2/c1-15(2,3)21-14(20)19-17(9-7-6-8-10-17)13-12(11-18)16(13,4)5/h12-13H,6-11,18H2,1-5H3,(H,19,20)/t12-,13-/m0/s1. The Hall–Kier alpha value is -0.770. The summed E-state index contributed by atoms with van der Waals surface area (Å²) in [6.45, 7) is 11.0. The van der Waals surface area contributed by atoms with Gasteiger partial charge in [-0.05, 0) is 57.4 Å². The zero-order valence-electron chi connectivity index (χ0n) is 14.3. The largest absolute Gasteiger partial charge is 0.444 e. The zero-order valence-corrected chi connectivity index (χ0v) is 14.3. The monoisotopic (exact) mass is 296 g/mol. The highest BCUT2D eigenvalue weighted by Crippen LogP contribution is 2.64. The molecule has 4 heteroatoms. The van der Waals surface area contributed by atoms with Gasteiger partial charge in [-0.2, -0.15) is 0 Å². The number of rotatable bonds is 3. The molecule has 0 spiro atoms. The second-order valence-electron chi connectivity index (χ2n) is 8.48. The van der Waals surface area contributed by atoms with Crippen LogP contribution in [-0.2, 0) is 4.74 Å². The molecule has 2 saturated carbocycles. The number of nitrogens with two attached hydrogens (primary N) is 1. The average molecular weight is 296 g/mol. The molecule has 21 heavy (non-hydrogen) atoms. The molecular formula is C17H32N2O2. The lowest BCUT2D eigenvalue weighted by Gasteiger charge is -2.40. The minimum atomic E-state index is -0.452. The van der Waals surface area contributed by atoms with Gasteiger partial charge in [0.2, 0.25) is 0 Å². The quantitative estimate of drug-likeness (QED) is 0.838. The van der Waals surface area contributed by atoms with Gasteiger partial charge in [-0.15, -0.1) is 0 Å². The number of amides is 1. The Balaban J connectivity index is 2.13. The maximum Gasteiger partial charge on any atom is 0.408 e. The van der Waals surface area contributed by atoms with Crippen molar-refractivity contribution in [3.63, 3.8) is 0 Å². The Kier molecular flexibility index (Phi) is 4.31. The van der Waals surface area contributed by atoms with Crippen LogP contribution in [0.25, 0.3) is 0 Å². The van der Waals surface area contributed by atoms with E-state index in [1.165, 1.54) is 19.3 Å². The van der Waals surface area contributed by atoms with Gasteiger partial charge in [-0.3, -0.25) is 0 Å². The number of hydrogen-bond acceptors (Lipinski definition) is 3. The second kappa shape index (κ2) is 5.45. The molecule has 122 valence electrons. The van der Waals surface area contributed by atoms with Crippen molar-refractivity contribution in [2.45, 2.75) is 77.9 Å². The summed E-state index contributed by atoms with van der Waals surface area (Å²) in [5, 5.41) is 3.25. The number of alkyl carbamates (subject to hydrolysis) is 1. The van der Waals surface area contributed by atoms with Crippen LogP contribution in [-0.4, -0.2) is 23.8 Å². The van der Waals surface area contributed by atoms with E-state index >= 15 is 0 Å². The van der Waals surface area contributed by atoms with E-state index < -0.39 is 5.60 Å². The minimum Gasteiger partial charge on any atom is -0.444 e. The van der Waals surface area contributed by atoms with Crippen LogP contribution in [0.15, 0.2) is 0 Å². The molecule has 0 heterocycles. The van der Waals surface area contributed by atoms with Gasteiger partial charge in [0, 0.05) is 5.54 Å². The van der Waals surface area contributed by atoms with E-state index in [1.54, 1.807) is 0 Å². The predicted molar refractivity (Wildman–Crippen MR) is 85.0 cm³/mol. The summed E-state index contributed by atoms with van der Waals surface area (Å²) in [7, 11) is 0. The van der Waals surface area contributed by atoms with Crippen molar-refractivity contribution in [2.24, 2.45) is 23.0 Å². The van der Waals surface area contributed by atoms with Gasteiger partial charge < -0.3 is 15.8 Å². The van der Waals surface area contributed by atoms with Crippen LogP contribution in [0, 0.1) is 17.3 Å². The van der Waals surface area contributed by atoms with Crippen LogP contribution < -0.4 is 11.1 Å². The van der Waals surface area contributed by atoms with Crippen molar-refractivity contribution in [1.82, 2.24) is 5.32 Å². The van der Waals surface area contributed by atoms with Gasteiger partial charge in [0.05, 0.1) is 0 Å². The van der Waals surface area contributed by atoms with Crippen molar-refractivity contribution < 1.29 is 9.53 Å². The van der Waals surface area contributed by atoms with E-state index in [-0.39, 0.29) is 17.0 Å². The summed E-state index contributed by atoms with van der Waals surface area (Å²) < 4.78 is 5.50. The third-order valence-corrected chi connectivity index (χ3v) is 5.40.